The Morgan fingerprint density at radius 2 is 1.86 bits per heavy atom. The molecule has 0 saturated carbocycles. The van der Waals surface area contributed by atoms with Crippen molar-refractivity contribution in [2.45, 2.75) is 64.5 Å². The molecule has 22 heavy (non-hydrogen) atoms. The lowest BCUT2D eigenvalue weighted by molar-refractivity contribution is -0.856. The fraction of sp³-hybridized carbons (Fsp3) is 0.556. The Hall–Kier alpha value is -1.68. The Morgan fingerprint density at radius 1 is 1.23 bits per heavy atom. The third kappa shape index (κ3) is 2.80. The number of nitrogens with zero attached hydrogens (tertiary/aromatic N) is 1. The van der Waals surface area contributed by atoms with Gasteiger partial charge in [-0.25, -0.2) is 4.79 Å². The van der Waals surface area contributed by atoms with Crippen LogP contribution in [0.3, 0.4) is 0 Å². The third-order valence-corrected chi connectivity index (χ3v) is 4.79. The molecule has 4 heteroatoms. The zero-order valence-electron chi connectivity index (χ0n) is 13.7. The van der Waals surface area contributed by atoms with Gasteiger partial charge in [0, 0.05) is 12.8 Å². The van der Waals surface area contributed by atoms with Gasteiger partial charge in [0.05, 0.1) is 6.42 Å². The van der Waals surface area contributed by atoms with Crippen LogP contribution in [-0.2, 0) is 11.2 Å². The number of quaternary nitrogens is 1. The van der Waals surface area contributed by atoms with Crippen molar-refractivity contribution in [2.24, 2.45) is 0 Å². The molecular weight excluding hydrogens is 278 g/mol. The van der Waals surface area contributed by atoms with E-state index in [1.807, 2.05) is 51.1 Å². The molecule has 2 rings (SSSR count). The summed E-state index contributed by atoms with van der Waals surface area (Å²) in [5.41, 5.74) is 0.433. The molecule has 1 saturated heterocycles. The first kappa shape index (κ1) is 16.7. The van der Waals surface area contributed by atoms with E-state index in [1.165, 1.54) is 0 Å². The molecular formula is C18H26NO3+. The molecule has 0 aliphatic carbocycles. The first-order chi connectivity index (χ1) is 10.3. The fourth-order valence-corrected chi connectivity index (χ4v) is 3.83. The number of carbonyl (C=O) groups excluding carboxylic acids is 1. The minimum absolute atomic E-state index is 0.154. The molecule has 0 bridgehead atoms. The predicted octanol–water partition coefficient (Wildman–Crippen LogP) is 3.99. The number of hydrogen-bond acceptors (Lipinski definition) is 2. The number of amides is 2. The minimum atomic E-state index is -1.01. The van der Waals surface area contributed by atoms with E-state index in [0.717, 1.165) is 24.8 Å². The maximum Gasteiger partial charge on any atom is 0.521 e. The largest absolute Gasteiger partial charge is 0.521 e. The van der Waals surface area contributed by atoms with E-state index in [2.05, 4.69) is 0 Å². The molecule has 2 atom stereocenters. The van der Waals surface area contributed by atoms with Gasteiger partial charge in [0.15, 0.2) is 0 Å². The van der Waals surface area contributed by atoms with Gasteiger partial charge in [0.1, 0.15) is 11.6 Å². The highest BCUT2D eigenvalue weighted by Crippen LogP contribution is 2.37. The molecule has 4 nitrogen and oxygen atoms in total. The molecule has 0 spiro atoms. The maximum absolute atomic E-state index is 12.8. The van der Waals surface area contributed by atoms with E-state index >= 15 is 0 Å². The van der Waals surface area contributed by atoms with Crippen molar-refractivity contribution in [3.8, 4) is 0 Å². The second-order valence-corrected chi connectivity index (χ2v) is 7.16. The van der Waals surface area contributed by atoms with Gasteiger partial charge in [0.25, 0.3) is 0 Å². The van der Waals surface area contributed by atoms with E-state index in [0.29, 0.717) is 12.8 Å². The van der Waals surface area contributed by atoms with Crippen molar-refractivity contribution in [1.82, 2.24) is 0 Å². The highest BCUT2D eigenvalue weighted by atomic mass is 16.4. The summed E-state index contributed by atoms with van der Waals surface area (Å²) in [4.78, 5) is 25.1. The number of imide groups is 1. The Balaban J connectivity index is 2.50. The topological polar surface area (TPSA) is 54.4 Å². The van der Waals surface area contributed by atoms with Crippen LogP contribution >= 0.6 is 0 Å². The molecule has 1 aromatic rings. The SMILES string of the molecule is CC(C)(C)[N+]1(C(=O)O)C(=O)CCCCC1Cc1ccccc1. The summed E-state index contributed by atoms with van der Waals surface area (Å²) < 4.78 is -0.456. The average Bonchev–Trinajstić information content (AvgIpc) is 2.59. The summed E-state index contributed by atoms with van der Waals surface area (Å²) in [6.45, 7) is 5.59. The number of hydrogen-bond donors (Lipinski definition) is 1. The van der Waals surface area contributed by atoms with Crippen molar-refractivity contribution >= 4 is 12.0 Å². The van der Waals surface area contributed by atoms with E-state index in [-0.39, 0.29) is 11.9 Å². The Kier molecular flexibility index (Phi) is 4.71. The first-order valence-electron chi connectivity index (χ1n) is 8.00. The van der Waals surface area contributed by atoms with Crippen molar-refractivity contribution in [1.29, 1.82) is 0 Å². The Labute approximate surface area is 132 Å². The number of likely N-dealkylation sites (tertiary alicyclic amines) is 1. The molecule has 1 aliphatic heterocycles. The van der Waals surface area contributed by atoms with Gasteiger partial charge in [0.2, 0.25) is 0 Å². The van der Waals surface area contributed by atoms with Gasteiger partial charge in [-0.2, -0.15) is 9.28 Å². The highest BCUT2D eigenvalue weighted by molar-refractivity contribution is 5.81. The monoisotopic (exact) mass is 304 g/mol. The molecule has 0 radical (unpaired) electrons. The van der Waals surface area contributed by atoms with E-state index in [4.69, 9.17) is 0 Å². The molecule has 1 aliphatic rings. The van der Waals surface area contributed by atoms with Crippen molar-refractivity contribution in [2.75, 3.05) is 0 Å². The molecule has 1 N–H and O–H groups in total. The van der Waals surface area contributed by atoms with Gasteiger partial charge in [-0.05, 0) is 39.2 Å². The number of rotatable bonds is 2. The number of benzene rings is 1. The van der Waals surface area contributed by atoms with Crippen LogP contribution < -0.4 is 0 Å². The summed E-state index contributed by atoms with van der Waals surface area (Å²) in [6.07, 6.45) is 2.43. The third-order valence-electron chi connectivity index (χ3n) is 4.79. The summed E-state index contributed by atoms with van der Waals surface area (Å²) in [5, 5.41) is 10.0. The zero-order valence-corrected chi connectivity index (χ0v) is 13.7. The molecule has 120 valence electrons. The second-order valence-electron chi connectivity index (χ2n) is 7.16. The lowest BCUT2D eigenvalue weighted by atomic mass is 9.92. The van der Waals surface area contributed by atoms with Gasteiger partial charge < -0.3 is 5.11 Å². The van der Waals surface area contributed by atoms with E-state index in [9.17, 15) is 14.7 Å². The van der Waals surface area contributed by atoms with Crippen molar-refractivity contribution in [3.05, 3.63) is 35.9 Å². The lowest BCUT2D eigenvalue weighted by Crippen LogP contribution is -2.71. The zero-order chi connectivity index (χ0) is 16.4. The molecule has 2 unspecified atom stereocenters. The van der Waals surface area contributed by atoms with Crippen LogP contribution in [0.5, 0.6) is 0 Å². The average molecular weight is 304 g/mol. The van der Waals surface area contributed by atoms with Crippen LogP contribution in [0, 0.1) is 0 Å². The van der Waals surface area contributed by atoms with Crippen molar-refractivity contribution in [3.63, 3.8) is 0 Å². The van der Waals surface area contributed by atoms with Crippen LogP contribution in [0.2, 0.25) is 0 Å². The smallest absolute Gasteiger partial charge is 0.435 e. The molecule has 1 heterocycles. The summed E-state index contributed by atoms with van der Waals surface area (Å²) >= 11 is 0. The van der Waals surface area contributed by atoms with Crippen LogP contribution in [0.1, 0.15) is 52.0 Å². The van der Waals surface area contributed by atoms with Gasteiger partial charge in [-0.15, -0.1) is 0 Å². The normalized spacial score (nSPS) is 26.5. The highest BCUT2D eigenvalue weighted by Gasteiger charge is 2.59. The van der Waals surface area contributed by atoms with E-state index < -0.39 is 16.1 Å². The molecule has 2 amide bonds. The molecule has 0 aromatic heterocycles. The first-order valence-corrected chi connectivity index (χ1v) is 8.00. The maximum atomic E-state index is 12.8. The van der Waals surface area contributed by atoms with Gasteiger partial charge in [-0.1, -0.05) is 30.3 Å². The van der Waals surface area contributed by atoms with Crippen LogP contribution in [0.15, 0.2) is 30.3 Å². The molecule has 1 aromatic carbocycles. The van der Waals surface area contributed by atoms with Crippen molar-refractivity contribution < 1.29 is 19.2 Å². The lowest BCUT2D eigenvalue weighted by Gasteiger charge is -2.45. The van der Waals surface area contributed by atoms with Crippen LogP contribution in [0.25, 0.3) is 0 Å². The fourth-order valence-electron chi connectivity index (χ4n) is 3.83. The second kappa shape index (κ2) is 6.21. The summed E-state index contributed by atoms with van der Waals surface area (Å²) in [7, 11) is 0. The van der Waals surface area contributed by atoms with Crippen LogP contribution in [-0.4, -0.2) is 33.2 Å². The quantitative estimate of drug-likeness (QED) is 0.840. The minimum Gasteiger partial charge on any atom is -0.435 e. The summed E-state index contributed by atoms with van der Waals surface area (Å²) in [6, 6.07) is 9.67. The number of carboxylic acid groups (broad SMARTS) is 1. The molecule has 1 fully saturated rings. The standard InChI is InChI=1S/C18H25NO3/c1-18(2,3)19(17(21)22)15(11-7-8-12-16(19)20)13-14-9-5-4-6-10-14/h4-6,9-10,15H,7-8,11-13H2,1-3H3/p+1. The van der Waals surface area contributed by atoms with E-state index in [1.54, 1.807) is 0 Å². The van der Waals surface area contributed by atoms with Gasteiger partial charge >= 0.3 is 12.0 Å². The Morgan fingerprint density at radius 3 is 2.41 bits per heavy atom. The Bertz CT molecular complexity index is 547. The van der Waals surface area contributed by atoms with Gasteiger partial charge in [-0.3, -0.25) is 0 Å². The van der Waals surface area contributed by atoms with Crippen LogP contribution in [0.4, 0.5) is 4.79 Å². The predicted molar refractivity (Wildman–Crippen MR) is 85.4 cm³/mol. The number of carbonyl (C=O) groups is 2. The summed E-state index contributed by atoms with van der Waals surface area (Å²) in [5.74, 6) is -0.154.